The van der Waals surface area contributed by atoms with Gasteiger partial charge in [0.1, 0.15) is 16.2 Å². The van der Waals surface area contributed by atoms with Crippen LogP contribution in [-0.2, 0) is 5.41 Å². The van der Waals surface area contributed by atoms with Crippen molar-refractivity contribution < 1.29 is 0 Å². The molecule has 0 unspecified atom stereocenters. The number of nitrogens with zero attached hydrogens (tertiary/aromatic N) is 2. The Bertz CT molecular complexity index is 610. The second-order valence-corrected chi connectivity index (χ2v) is 6.96. The van der Waals surface area contributed by atoms with E-state index in [1.165, 1.54) is 11.1 Å². The Morgan fingerprint density at radius 2 is 1.55 bits per heavy atom. The summed E-state index contributed by atoms with van der Waals surface area (Å²) in [5.41, 5.74) is 3.43. The summed E-state index contributed by atoms with van der Waals surface area (Å²) in [5.74, 6) is 1.63. The second kappa shape index (κ2) is 5.52. The van der Waals surface area contributed by atoms with Gasteiger partial charge < -0.3 is 5.32 Å². The minimum atomic E-state index is -0.0806. The van der Waals surface area contributed by atoms with Crippen LogP contribution in [0.3, 0.4) is 0 Å². The Morgan fingerprint density at radius 1 is 0.950 bits per heavy atom. The SMILES string of the molecule is Cc1cc(C)cc(Nc2cc(Br)nc(C(C)(C)C)n2)c1. The predicted octanol–water partition coefficient (Wildman–Crippen LogP) is 4.90. The lowest BCUT2D eigenvalue weighted by Crippen LogP contribution is -2.16. The van der Waals surface area contributed by atoms with Crippen LogP contribution in [0.1, 0.15) is 37.7 Å². The summed E-state index contributed by atoms with van der Waals surface area (Å²) >= 11 is 3.46. The van der Waals surface area contributed by atoms with Gasteiger partial charge in [0.05, 0.1) is 0 Å². The maximum Gasteiger partial charge on any atom is 0.137 e. The third-order valence-electron chi connectivity index (χ3n) is 2.86. The Balaban J connectivity index is 2.36. The first-order chi connectivity index (χ1) is 9.24. The van der Waals surface area contributed by atoms with Crippen molar-refractivity contribution in [2.75, 3.05) is 5.32 Å². The van der Waals surface area contributed by atoms with E-state index in [0.29, 0.717) is 0 Å². The van der Waals surface area contributed by atoms with Crippen LogP contribution in [0.2, 0.25) is 0 Å². The van der Waals surface area contributed by atoms with E-state index in [4.69, 9.17) is 0 Å². The van der Waals surface area contributed by atoms with Gasteiger partial charge in [-0.2, -0.15) is 0 Å². The van der Waals surface area contributed by atoms with Crippen LogP contribution in [0, 0.1) is 13.8 Å². The maximum absolute atomic E-state index is 4.61. The highest BCUT2D eigenvalue weighted by Crippen LogP contribution is 2.25. The number of hydrogen-bond donors (Lipinski definition) is 1. The van der Waals surface area contributed by atoms with E-state index in [1.807, 2.05) is 6.07 Å². The number of anilines is 2. The summed E-state index contributed by atoms with van der Waals surface area (Å²) in [4.78, 5) is 9.05. The molecule has 0 bridgehead atoms. The summed E-state index contributed by atoms with van der Waals surface area (Å²) in [5, 5.41) is 3.36. The zero-order chi connectivity index (χ0) is 14.9. The zero-order valence-electron chi connectivity index (χ0n) is 12.6. The van der Waals surface area contributed by atoms with Gasteiger partial charge in [0.25, 0.3) is 0 Å². The molecule has 0 spiro atoms. The molecule has 1 aromatic heterocycles. The Hall–Kier alpha value is -1.42. The minimum absolute atomic E-state index is 0.0806. The molecule has 0 aliphatic carbocycles. The first-order valence-corrected chi connectivity index (χ1v) is 7.44. The van der Waals surface area contributed by atoms with Crippen LogP contribution in [0.25, 0.3) is 0 Å². The van der Waals surface area contributed by atoms with Gasteiger partial charge in [0.2, 0.25) is 0 Å². The molecular formula is C16H20BrN3. The summed E-state index contributed by atoms with van der Waals surface area (Å²) in [6.45, 7) is 10.5. The van der Waals surface area contributed by atoms with Crippen molar-refractivity contribution >= 4 is 27.4 Å². The third-order valence-corrected chi connectivity index (χ3v) is 3.27. The minimum Gasteiger partial charge on any atom is -0.340 e. The van der Waals surface area contributed by atoms with E-state index >= 15 is 0 Å². The molecule has 0 atom stereocenters. The van der Waals surface area contributed by atoms with Crippen molar-refractivity contribution in [3.8, 4) is 0 Å². The fourth-order valence-electron chi connectivity index (χ4n) is 2.01. The summed E-state index contributed by atoms with van der Waals surface area (Å²) in [6, 6.07) is 8.27. The molecule has 0 saturated carbocycles. The maximum atomic E-state index is 4.61. The quantitative estimate of drug-likeness (QED) is 0.794. The second-order valence-electron chi connectivity index (χ2n) is 6.15. The van der Waals surface area contributed by atoms with Crippen molar-refractivity contribution in [2.24, 2.45) is 0 Å². The largest absolute Gasteiger partial charge is 0.340 e. The number of benzene rings is 1. The first kappa shape index (κ1) is 15.0. The molecule has 0 amide bonds. The molecule has 2 aromatic rings. The summed E-state index contributed by atoms with van der Waals surface area (Å²) in [7, 11) is 0. The predicted molar refractivity (Wildman–Crippen MR) is 87.6 cm³/mol. The molecule has 3 nitrogen and oxygen atoms in total. The molecular weight excluding hydrogens is 314 g/mol. The van der Waals surface area contributed by atoms with Gasteiger partial charge in [0, 0.05) is 17.2 Å². The van der Waals surface area contributed by atoms with E-state index in [2.05, 4.69) is 84.0 Å². The lowest BCUT2D eigenvalue weighted by Gasteiger charge is -2.18. The zero-order valence-corrected chi connectivity index (χ0v) is 14.2. The smallest absolute Gasteiger partial charge is 0.137 e. The number of halogens is 1. The van der Waals surface area contributed by atoms with E-state index < -0.39 is 0 Å². The third kappa shape index (κ3) is 3.79. The van der Waals surface area contributed by atoms with Crippen LogP contribution < -0.4 is 5.32 Å². The summed E-state index contributed by atoms with van der Waals surface area (Å²) in [6.07, 6.45) is 0. The van der Waals surface area contributed by atoms with Crippen molar-refractivity contribution in [3.63, 3.8) is 0 Å². The van der Waals surface area contributed by atoms with Gasteiger partial charge >= 0.3 is 0 Å². The number of hydrogen-bond acceptors (Lipinski definition) is 3. The highest BCUT2D eigenvalue weighted by molar-refractivity contribution is 9.10. The van der Waals surface area contributed by atoms with Gasteiger partial charge in [-0.1, -0.05) is 26.8 Å². The van der Waals surface area contributed by atoms with Crippen LogP contribution in [0.15, 0.2) is 28.9 Å². The number of aryl methyl sites for hydroxylation is 2. The molecule has 20 heavy (non-hydrogen) atoms. The average molecular weight is 334 g/mol. The van der Waals surface area contributed by atoms with E-state index in [-0.39, 0.29) is 5.41 Å². The van der Waals surface area contributed by atoms with Gasteiger partial charge in [-0.25, -0.2) is 9.97 Å². The van der Waals surface area contributed by atoms with Crippen molar-refractivity contribution in [1.29, 1.82) is 0 Å². The number of nitrogens with one attached hydrogen (secondary N) is 1. The van der Waals surface area contributed by atoms with E-state index in [9.17, 15) is 0 Å². The average Bonchev–Trinajstić information content (AvgIpc) is 2.25. The molecule has 0 aliphatic rings. The molecule has 106 valence electrons. The lowest BCUT2D eigenvalue weighted by molar-refractivity contribution is 0.544. The Kier molecular flexibility index (Phi) is 4.14. The van der Waals surface area contributed by atoms with Gasteiger partial charge in [0.15, 0.2) is 0 Å². The van der Waals surface area contributed by atoms with Gasteiger partial charge in [-0.3, -0.25) is 0 Å². The van der Waals surface area contributed by atoms with E-state index in [0.717, 1.165) is 21.9 Å². The normalized spacial score (nSPS) is 11.5. The fourth-order valence-corrected chi connectivity index (χ4v) is 2.40. The standard InChI is InChI=1S/C16H20BrN3/c1-10-6-11(2)8-12(7-10)18-14-9-13(17)19-15(20-14)16(3,4)5/h6-9H,1-5H3,(H,18,19,20). The van der Waals surface area contributed by atoms with Crippen LogP contribution in [0.4, 0.5) is 11.5 Å². The number of aromatic nitrogens is 2. The number of rotatable bonds is 2. The monoisotopic (exact) mass is 333 g/mol. The van der Waals surface area contributed by atoms with Crippen LogP contribution in [-0.4, -0.2) is 9.97 Å². The molecule has 1 heterocycles. The Labute approximate surface area is 129 Å². The molecule has 0 fully saturated rings. The fraction of sp³-hybridized carbons (Fsp3) is 0.375. The highest BCUT2D eigenvalue weighted by Gasteiger charge is 2.18. The van der Waals surface area contributed by atoms with Crippen LogP contribution in [0.5, 0.6) is 0 Å². The van der Waals surface area contributed by atoms with Crippen LogP contribution >= 0.6 is 15.9 Å². The topological polar surface area (TPSA) is 37.8 Å². The van der Waals surface area contributed by atoms with Gasteiger partial charge in [-0.05, 0) is 53.0 Å². The molecule has 1 N–H and O–H groups in total. The van der Waals surface area contributed by atoms with Crippen molar-refractivity contribution in [2.45, 2.75) is 40.0 Å². The highest BCUT2D eigenvalue weighted by atomic mass is 79.9. The Morgan fingerprint density at radius 3 is 2.10 bits per heavy atom. The van der Waals surface area contributed by atoms with Crippen molar-refractivity contribution in [3.05, 3.63) is 45.8 Å². The molecule has 0 saturated heterocycles. The summed E-state index contributed by atoms with van der Waals surface area (Å²) < 4.78 is 0.796. The molecule has 4 heteroatoms. The first-order valence-electron chi connectivity index (χ1n) is 6.64. The molecule has 0 aliphatic heterocycles. The van der Waals surface area contributed by atoms with E-state index in [1.54, 1.807) is 0 Å². The molecule has 0 radical (unpaired) electrons. The molecule has 2 rings (SSSR count). The molecule has 1 aromatic carbocycles. The van der Waals surface area contributed by atoms with Gasteiger partial charge in [-0.15, -0.1) is 0 Å². The lowest BCUT2D eigenvalue weighted by atomic mass is 9.96. The van der Waals surface area contributed by atoms with Crippen molar-refractivity contribution in [1.82, 2.24) is 9.97 Å².